The van der Waals surface area contributed by atoms with Gasteiger partial charge in [-0.3, -0.25) is 0 Å². The van der Waals surface area contributed by atoms with Crippen LogP contribution in [0.3, 0.4) is 0 Å². The maximum absolute atomic E-state index is 12.3. The largest absolute Gasteiger partial charge is 0.375 e. The summed E-state index contributed by atoms with van der Waals surface area (Å²) in [4.78, 5) is 6.34. The lowest BCUT2D eigenvalue weighted by molar-refractivity contribution is 0.562. The number of rotatable bonds is 5. The number of thiophene rings is 1. The van der Waals surface area contributed by atoms with E-state index in [0.717, 1.165) is 11.3 Å². The van der Waals surface area contributed by atoms with E-state index in [-0.39, 0.29) is 15.4 Å². The van der Waals surface area contributed by atoms with Crippen molar-refractivity contribution in [3.63, 3.8) is 0 Å². The van der Waals surface area contributed by atoms with Crippen LogP contribution in [0.2, 0.25) is 0 Å². The van der Waals surface area contributed by atoms with Crippen molar-refractivity contribution in [3.8, 4) is 0 Å². The lowest BCUT2D eigenvalue weighted by Crippen LogP contribution is -2.33. The molecule has 0 aromatic carbocycles. The Bertz CT molecular complexity index is 703. The van der Waals surface area contributed by atoms with Gasteiger partial charge in [-0.2, -0.15) is 0 Å². The minimum absolute atomic E-state index is 0.180. The molecular weight excluding hydrogens is 314 g/mol. The minimum atomic E-state index is -3.55. The normalized spacial score (nSPS) is 13.6. The SMILES string of the molecule is Cc1ccc(CC(C)NS(=O)(=O)c2sc(N)nc2C)s1. The fraction of sp³-hybridized carbons (Fsp3) is 0.417. The maximum atomic E-state index is 12.3. The second-order valence-electron chi connectivity index (χ2n) is 4.66. The quantitative estimate of drug-likeness (QED) is 0.880. The molecule has 2 heterocycles. The molecule has 0 bridgehead atoms. The Balaban J connectivity index is 2.10. The van der Waals surface area contributed by atoms with Gasteiger partial charge in [-0.25, -0.2) is 18.1 Å². The van der Waals surface area contributed by atoms with Gasteiger partial charge in [0, 0.05) is 15.8 Å². The van der Waals surface area contributed by atoms with Gasteiger partial charge in [0.1, 0.15) is 0 Å². The van der Waals surface area contributed by atoms with Crippen molar-refractivity contribution in [1.29, 1.82) is 0 Å². The number of nitrogen functional groups attached to an aromatic ring is 1. The summed E-state index contributed by atoms with van der Waals surface area (Å²) in [6.45, 7) is 5.54. The van der Waals surface area contributed by atoms with Crippen LogP contribution in [0.1, 0.15) is 22.4 Å². The molecule has 0 radical (unpaired) electrons. The van der Waals surface area contributed by atoms with Gasteiger partial charge in [0.2, 0.25) is 0 Å². The van der Waals surface area contributed by atoms with Gasteiger partial charge in [-0.15, -0.1) is 11.3 Å². The number of thiazole rings is 1. The number of nitrogens with zero attached hydrogens (tertiary/aromatic N) is 1. The molecule has 0 spiro atoms. The summed E-state index contributed by atoms with van der Waals surface area (Å²) in [6.07, 6.45) is 0.672. The fourth-order valence-corrected chi connectivity index (χ4v) is 5.49. The summed E-state index contributed by atoms with van der Waals surface area (Å²) in [5.41, 5.74) is 5.99. The third-order valence-electron chi connectivity index (χ3n) is 2.67. The van der Waals surface area contributed by atoms with Gasteiger partial charge in [-0.05, 0) is 39.3 Å². The third-order valence-corrected chi connectivity index (χ3v) is 6.88. The highest BCUT2D eigenvalue weighted by atomic mass is 32.2. The van der Waals surface area contributed by atoms with Crippen LogP contribution in [0.5, 0.6) is 0 Å². The van der Waals surface area contributed by atoms with Gasteiger partial charge in [0.15, 0.2) is 9.34 Å². The van der Waals surface area contributed by atoms with E-state index in [4.69, 9.17) is 5.73 Å². The monoisotopic (exact) mass is 331 g/mol. The Morgan fingerprint density at radius 1 is 1.35 bits per heavy atom. The molecule has 0 saturated carbocycles. The van der Waals surface area contributed by atoms with E-state index in [1.807, 2.05) is 26.0 Å². The average molecular weight is 331 g/mol. The van der Waals surface area contributed by atoms with E-state index in [1.54, 1.807) is 18.3 Å². The molecule has 0 aliphatic heterocycles. The van der Waals surface area contributed by atoms with Crippen LogP contribution in [0.15, 0.2) is 16.3 Å². The standard InChI is InChI=1S/C12H17N3O2S3/c1-7(6-10-5-4-8(2)18-10)15-20(16,17)11-9(3)14-12(13)19-11/h4-5,7,15H,6H2,1-3H3,(H2,13,14). The van der Waals surface area contributed by atoms with Crippen LogP contribution >= 0.6 is 22.7 Å². The van der Waals surface area contributed by atoms with Crippen LogP contribution in [-0.4, -0.2) is 19.4 Å². The molecular formula is C12H17N3O2S3. The van der Waals surface area contributed by atoms with Gasteiger partial charge in [0.25, 0.3) is 10.0 Å². The zero-order valence-corrected chi connectivity index (χ0v) is 14.0. The molecule has 0 fully saturated rings. The molecule has 0 amide bonds. The number of aromatic nitrogens is 1. The molecule has 0 aliphatic rings. The van der Waals surface area contributed by atoms with Crippen molar-refractivity contribution < 1.29 is 8.42 Å². The molecule has 1 unspecified atom stereocenters. The van der Waals surface area contributed by atoms with Crippen molar-refractivity contribution in [2.45, 2.75) is 37.4 Å². The number of hydrogen-bond donors (Lipinski definition) is 2. The first-order valence-corrected chi connectivity index (χ1v) is 9.20. The van der Waals surface area contributed by atoms with Crippen molar-refractivity contribution >= 4 is 37.8 Å². The predicted molar refractivity (Wildman–Crippen MR) is 83.8 cm³/mol. The molecule has 2 rings (SSSR count). The highest BCUT2D eigenvalue weighted by Gasteiger charge is 2.23. The van der Waals surface area contributed by atoms with E-state index in [0.29, 0.717) is 12.1 Å². The topological polar surface area (TPSA) is 85.1 Å². The van der Waals surface area contributed by atoms with Crippen LogP contribution in [-0.2, 0) is 16.4 Å². The number of nitrogens with two attached hydrogens (primary N) is 1. The maximum Gasteiger partial charge on any atom is 0.252 e. The summed E-state index contributed by atoms with van der Waals surface area (Å²) in [7, 11) is -3.55. The first-order valence-electron chi connectivity index (χ1n) is 6.08. The van der Waals surface area contributed by atoms with E-state index < -0.39 is 10.0 Å². The Morgan fingerprint density at radius 3 is 2.55 bits per heavy atom. The summed E-state index contributed by atoms with van der Waals surface area (Å²) < 4.78 is 27.4. The first-order chi connectivity index (χ1) is 9.28. The van der Waals surface area contributed by atoms with E-state index in [1.165, 1.54) is 9.75 Å². The zero-order chi connectivity index (χ0) is 14.9. The Hall–Kier alpha value is -0.960. The number of anilines is 1. The third kappa shape index (κ3) is 3.57. The summed E-state index contributed by atoms with van der Waals surface area (Å²) in [6, 6.07) is 3.89. The molecule has 8 heteroatoms. The van der Waals surface area contributed by atoms with Crippen molar-refractivity contribution in [1.82, 2.24) is 9.71 Å². The number of nitrogens with one attached hydrogen (secondary N) is 1. The molecule has 110 valence electrons. The fourth-order valence-electron chi connectivity index (χ4n) is 1.91. The van der Waals surface area contributed by atoms with Crippen LogP contribution in [0.25, 0.3) is 0 Å². The Labute approximate surface area is 126 Å². The first kappa shape index (κ1) is 15.4. The second kappa shape index (κ2) is 5.80. The smallest absolute Gasteiger partial charge is 0.252 e. The zero-order valence-electron chi connectivity index (χ0n) is 11.5. The van der Waals surface area contributed by atoms with E-state index >= 15 is 0 Å². The molecule has 1 atom stereocenters. The highest BCUT2D eigenvalue weighted by molar-refractivity contribution is 7.91. The molecule has 0 saturated heterocycles. The van der Waals surface area contributed by atoms with Gasteiger partial charge in [0.05, 0.1) is 5.69 Å². The average Bonchev–Trinajstić information content (AvgIpc) is 2.84. The van der Waals surface area contributed by atoms with Crippen molar-refractivity contribution in [3.05, 3.63) is 27.6 Å². The second-order valence-corrected chi connectivity index (χ2v) is 8.98. The van der Waals surface area contributed by atoms with Crippen molar-refractivity contribution in [2.75, 3.05) is 5.73 Å². The number of aryl methyl sites for hydroxylation is 2. The van der Waals surface area contributed by atoms with E-state index in [9.17, 15) is 8.42 Å². The van der Waals surface area contributed by atoms with Crippen LogP contribution < -0.4 is 10.5 Å². The Morgan fingerprint density at radius 2 is 2.05 bits per heavy atom. The van der Waals surface area contributed by atoms with Crippen LogP contribution in [0.4, 0.5) is 5.13 Å². The lowest BCUT2D eigenvalue weighted by atomic mass is 10.2. The van der Waals surface area contributed by atoms with Gasteiger partial charge < -0.3 is 5.73 Å². The summed E-state index contributed by atoms with van der Waals surface area (Å²) >= 11 is 2.67. The molecule has 5 nitrogen and oxygen atoms in total. The van der Waals surface area contributed by atoms with Crippen molar-refractivity contribution in [2.24, 2.45) is 0 Å². The molecule has 20 heavy (non-hydrogen) atoms. The lowest BCUT2D eigenvalue weighted by Gasteiger charge is -2.12. The molecule has 2 aromatic rings. The Kier molecular flexibility index (Phi) is 4.48. The van der Waals surface area contributed by atoms with E-state index in [2.05, 4.69) is 9.71 Å². The van der Waals surface area contributed by atoms with Crippen LogP contribution in [0, 0.1) is 13.8 Å². The minimum Gasteiger partial charge on any atom is -0.375 e. The predicted octanol–water partition coefficient (Wildman–Crippen LogP) is 2.31. The molecule has 0 aliphatic carbocycles. The number of hydrogen-bond acceptors (Lipinski definition) is 6. The summed E-state index contributed by atoms with van der Waals surface area (Å²) in [5.74, 6) is 0. The molecule has 2 aromatic heterocycles. The van der Waals surface area contributed by atoms with Gasteiger partial charge in [-0.1, -0.05) is 11.3 Å². The molecule has 3 N–H and O–H groups in total. The van der Waals surface area contributed by atoms with Gasteiger partial charge >= 0.3 is 0 Å². The highest BCUT2D eigenvalue weighted by Crippen LogP contribution is 2.25. The number of sulfonamides is 1. The summed E-state index contributed by atoms with van der Waals surface area (Å²) in [5, 5.41) is 0.268.